The fourth-order valence-corrected chi connectivity index (χ4v) is 2.17. The summed E-state index contributed by atoms with van der Waals surface area (Å²) in [5.74, 6) is -2.53. The second-order valence-corrected chi connectivity index (χ2v) is 4.43. The van der Waals surface area contributed by atoms with Crippen molar-refractivity contribution in [3.8, 4) is 0 Å². The molecule has 4 heteroatoms. The van der Waals surface area contributed by atoms with Gasteiger partial charge in [-0.15, -0.1) is 0 Å². The second kappa shape index (κ2) is 3.65. The fraction of sp³-hybridized carbons (Fsp3) is 0.308. The third-order valence-electron chi connectivity index (χ3n) is 3.18. The monoisotopic (exact) mass is 234 g/mol. The Balaban J connectivity index is 1.96. The number of H-pyrrole nitrogens is 1. The van der Waals surface area contributed by atoms with Crippen molar-refractivity contribution >= 4 is 16.6 Å². The van der Waals surface area contributed by atoms with Crippen molar-refractivity contribution in [2.75, 3.05) is 0 Å². The Morgan fingerprint density at radius 1 is 1.35 bits per heavy atom. The molecular weight excluding hydrogens is 222 g/mol. The van der Waals surface area contributed by atoms with Crippen LogP contribution in [0.3, 0.4) is 0 Å². The maximum atomic E-state index is 13.0. The van der Waals surface area contributed by atoms with Gasteiger partial charge in [-0.3, -0.25) is 0 Å². The lowest BCUT2D eigenvalue weighted by Crippen LogP contribution is -2.18. The van der Waals surface area contributed by atoms with E-state index in [0.29, 0.717) is 6.42 Å². The number of rotatable bonds is 1. The first kappa shape index (κ1) is 10.4. The van der Waals surface area contributed by atoms with Crippen LogP contribution in [0.25, 0.3) is 16.6 Å². The Labute approximate surface area is 97.4 Å². The summed E-state index contributed by atoms with van der Waals surface area (Å²) in [6, 6.07) is 3.93. The molecule has 0 saturated carbocycles. The maximum Gasteiger partial charge on any atom is 0.251 e. The minimum absolute atomic E-state index is 0.0655. The first-order chi connectivity index (χ1) is 8.14. The van der Waals surface area contributed by atoms with E-state index >= 15 is 0 Å². The maximum absolute atomic E-state index is 13.0. The first-order valence-electron chi connectivity index (χ1n) is 5.64. The third-order valence-corrected chi connectivity index (χ3v) is 3.18. The number of hydrogen-bond donors (Lipinski definition) is 1. The Hall–Kier alpha value is -1.71. The standard InChI is InChI=1S/C13H12F2N2/c14-13(15)4-1-9(2-5-13)11-7-10-3-6-16-12(10)17-8-11/h1,3,6-8H,2,4-5H2,(H,16,17). The normalized spacial score (nSPS) is 19.3. The van der Waals surface area contributed by atoms with Crippen molar-refractivity contribution in [2.45, 2.75) is 25.2 Å². The molecular formula is C13H12F2N2. The Morgan fingerprint density at radius 3 is 3.00 bits per heavy atom. The average Bonchev–Trinajstić information content (AvgIpc) is 2.76. The smallest absolute Gasteiger partial charge is 0.251 e. The van der Waals surface area contributed by atoms with E-state index in [-0.39, 0.29) is 12.8 Å². The lowest BCUT2D eigenvalue weighted by atomic mass is 9.92. The zero-order valence-corrected chi connectivity index (χ0v) is 9.21. The highest BCUT2D eigenvalue weighted by Gasteiger charge is 2.31. The SMILES string of the molecule is FC1(F)CC=C(c2cnc3[nH]ccc3c2)CC1. The Kier molecular flexibility index (Phi) is 2.24. The number of halogens is 2. The molecule has 0 aromatic carbocycles. The Bertz CT molecular complexity index is 584. The number of alkyl halides is 2. The zero-order valence-electron chi connectivity index (χ0n) is 9.21. The van der Waals surface area contributed by atoms with E-state index < -0.39 is 5.92 Å². The number of nitrogens with one attached hydrogen (secondary N) is 1. The van der Waals surface area contributed by atoms with E-state index in [2.05, 4.69) is 9.97 Å². The van der Waals surface area contributed by atoms with Gasteiger partial charge >= 0.3 is 0 Å². The molecule has 2 nitrogen and oxygen atoms in total. The molecule has 0 aliphatic heterocycles. The fourth-order valence-electron chi connectivity index (χ4n) is 2.17. The summed E-state index contributed by atoms with van der Waals surface area (Å²) in [5.41, 5.74) is 2.76. The van der Waals surface area contributed by atoms with E-state index in [1.807, 2.05) is 18.3 Å². The largest absolute Gasteiger partial charge is 0.346 e. The van der Waals surface area contributed by atoms with Crippen LogP contribution in [0.2, 0.25) is 0 Å². The van der Waals surface area contributed by atoms with Crippen molar-refractivity contribution in [3.63, 3.8) is 0 Å². The average molecular weight is 234 g/mol. The van der Waals surface area contributed by atoms with Crippen molar-refractivity contribution in [1.29, 1.82) is 0 Å². The zero-order chi connectivity index (χ0) is 11.9. The summed E-state index contributed by atoms with van der Waals surface area (Å²) in [6.07, 6.45) is 5.40. The summed E-state index contributed by atoms with van der Waals surface area (Å²) >= 11 is 0. The molecule has 88 valence electrons. The van der Waals surface area contributed by atoms with Gasteiger partial charge in [0.2, 0.25) is 0 Å². The van der Waals surface area contributed by atoms with Gasteiger partial charge in [0.25, 0.3) is 5.92 Å². The molecule has 2 aromatic rings. The van der Waals surface area contributed by atoms with Gasteiger partial charge in [-0.2, -0.15) is 0 Å². The van der Waals surface area contributed by atoms with Crippen LogP contribution in [0.4, 0.5) is 8.78 Å². The minimum atomic E-state index is -2.53. The van der Waals surface area contributed by atoms with Gasteiger partial charge in [-0.05, 0) is 29.7 Å². The lowest BCUT2D eigenvalue weighted by Gasteiger charge is -2.21. The summed E-state index contributed by atoms with van der Waals surface area (Å²) in [7, 11) is 0. The van der Waals surface area contributed by atoms with Gasteiger partial charge in [0, 0.05) is 30.6 Å². The van der Waals surface area contributed by atoms with Crippen LogP contribution in [0.5, 0.6) is 0 Å². The van der Waals surface area contributed by atoms with Crippen molar-refractivity contribution in [1.82, 2.24) is 9.97 Å². The summed E-state index contributed by atoms with van der Waals surface area (Å²) < 4.78 is 26.1. The lowest BCUT2D eigenvalue weighted by molar-refractivity contribution is -0.00602. The van der Waals surface area contributed by atoms with Crippen LogP contribution in [0, 0.1) is 0 Å². The van der Waals surface area contributed by atoms with Crippen LogP contribution in [0.15, 0.2) is 30.6 Å². The molecule has 0 amide bonds. The van der Waals surface area contributed by atoms with Crippen LogP contribution in [-0.2, 0) is 0 Å². The first-order valence-corrected chi connectivity index (χ1v) is 5.64. The van der Waals surface area contributed by atoms with E-state index in [1.165, 1.54) is 0 Å². The molecule has 0 spiro atoms. The number of pyridine rings is 1. The summed E-state index contributed by atoms with van der Waals surface area (Å²) in [5, 5.41) is 1.01. The van der Waals surface area contributed by atoms with Crippen molar-refractivity contribution < 1.29 is 8.78 Å². The molecule has 0 fully saturated rings. The van der Waals surface area contributed by atoms with Gasteiger partial charge in [-0.1, -0.05) is 6.08 Å². The van der Waals surface area contributed by atoms with Crippen LogP contribution >= 0.6 is 0 Å². The molecule has 0 unspecified atom stereocenters. The minimum Gasteiger partial charge on any atom is -0.346 e. The predicted molar refractivity (Wildman–Crippen MR) is 62.9 cm³/mol. The number of aromatic nitrogens is 2. The van der Waals surface area contributed by atoms with Crippen molar-refractivity contribution in [3.05, 3.63) is 36.2 Å². The number of nitrogens with zero attached hydrogens (tertiary/aromatic N) is 1. The van der Waals surface area contributed by atoms with Crippen LogP contribution in [-0.4, -0.2) is 15.9 Å². The van der Waals surface area contributed by atoms with Gasteiger partial charge in [-0.25, -0.2) is 13.8 Å². The van der Waals surface area contributed by atoms with E-state index in [1.54, 1.807) is 12.3 Å². The topological polar surface area (TPSA) is 28.7 Å². The van der Waals surface area contributed by atoms with E-state index in [0.717, 1.165) is 22.2 Å². The van der Waals surface area contributed by atoms with E-state index in [9.17, 15) is 8.78 Å². The number of allylic oxidation sites excluding steroid dienone is 2. The molecule has 0 saturated heterocycles. The molecule has 1 aliphatic rings. The predicted octanol–water partition coefficient (Wildman–Crippen LogP) is 3.77. The highest BCUT2D eigenvalue weighted by Crippen LogP contribution is 2.36. The van der Waals surface area contributed by atoms with E-state index in [4.69, 9.17) is 0 Å². The molecule has 0 radical (unpaired) electrons. The molecule has 17 heavy (non-hydrogen) atoms. The molecule has 3 rings (SSSR count). The number of fused-ring (bicyclic) bond motifs is 1. The summed E-state index contributed by atoms with van der Waals surface area (Å²) in [4.78, 5) is 7.28. The second-order valence-electron chi connectivity index (χ2n) is 4.43. The molecule has 1 N–H and O–H groups in total. The van der Waals surface area contributed by atoms with Crippen LogP contribution in [0.1, 0.15) is 24.8 Å². The molecule has 2 heterocycles. The summed E-state index contributed by atoms with van der Waals surface area (Å²) in [6.45, 7) is 0. The Morgan fingerprint density at radius 2 is 2.24 bits per heavy atom. The van der Waals surface area contributed by atoms with Gasteiger partial charge < -0.3 is 4.98 Å². The van der Waals surface area contributed by atoms with Crippen molar-refractivity contribution in [2.24, 2.45) is 0 Å². The number of hydrogen-bond acceptors (Lipinski definition) is 1. The van der Waals surface area contributed by atoms with Gasteiger partial charge in [0.15, 0.2) is 0 Å². The molecule has 2 aromatic heterocycles. The molecule has 1 aliphatic carbocycles. The van der Waals surface area contributed by atoms with Gasteiger partial charge in [0.05, 0.1) is 0 Å². The third kappa shape index (κ3) is 1.95. The number of aromatic amines is 1. The van der Waals surface area contributed by atoms with Gasteiger partial charge in [0.1, 0.15) is 5.65 Å². The molecule has 0 bridgehead atoms. The highest BCUT2D eigenvalue weighted by atomic mass is 19.3. The van der Waals surface area contributed by atoms with Crippen LogP contribution < -0.4 is 0 Å². The molecule has 0 atom stereocenters. The quantitative estimate of drug-likeness (QED) is 0.799. The highest BCUT2D eigenvalue weighted by molar-refractivity contribution is 5.80.